The predicted molar refractivity (Wildman–Crippen MR) is 156 cm³/mol. The lowest BCUT2D eigenvalue weighted by molar-refractivity contribution is -0.127. The molecule has 3 aliphatic rings. The van der Waals surface area contributed by atoms with Crippen LogP contribution in [0.5, 0.6) is 0 Å². The molecule has 2 bridgehead atoms. The van der Waals surface area contributed by atoms with Crippen LogP contribution in [0, 0.1) is 23.7 Å². The molecule has 39 heavy (non-hydrogen) atoms. The number of hydrogen-bond acceptors (Lipinski definition) is 7. The van der Waals surface area contributed by atoms with Crippen LogP contribution < -0.4 is 10.2 Å². The van der Waals surface area contributed by atoms with Gasteiger partial charge in [0.2, 0.25) is 15.9 Å². The van der Waals surface area contributed by atoms with Gasteiger partial charge in [-0.2, -0.15) is 4.31 Å². The molecule has 1 amide bonds. The Morgan fingerprint density at radius 1 is 1.10 bits per heavy atom. The third-order valence-corrected chi connectivity index (χ3v) is 13.0. The van der Waals surface area contributed by atoms with E-state index < -0.39 is 31.3 Å². The molecule has 2 saturated carbocycles. The third-order valence-electron chi connectivity index (χ3n) is 9.96. The van der Waals surface area contributed by atoms with E-state index in [0.29, 0.717) is 32.1 Å². The van der Waals surface area contributed by atoms with Gasteiger partial charge in [0.25, 0.3) is 0 Å². The van der Waals surface area contributed by atoms with E-state index in [9.17, 15) is 21.6 Å². The van der Waals surface area contributed by atoms with Crippen LogP contribution in [0.3, 0.4) is 0 Å². The molecule has 2 aliphatic carbocycles. The van der Waals surface area contributed by atoms with E-state index in [1.807, 2.05) is 12.1 Å². The molecule has 1 unspecified atom stereocenters. The summed E-state index contributed by atoms with van der Waals surface area (Å²) < 4.78 is 53.0. The second-order valence-corrected chi connectivity index (χ2v) is 17.0. The van der Waals surface area contributed by atoms with Crippen molar-refractivity contribution < 1.29 is 21.6 Å². The van der Waals surface area contributed by atoms with E-state index in [0.717, 1.165) is 24.9 Å². The molecule has 11 heteroatoms. The average Bonchev–Trinajstić information content (AvgIpc) is 3.18. The van der Waals surface area contributed by atoms with E-state index in [1.54, 1.807) is 23.3 Å². The lowest BCUT2D eigenvalue weighted by Gasteiger charge is -2.45. The van der Waals surface area contributed by atoms with Crippen LogP contribution >= 0.6 is 0 Å². The maximum atomic E-state index is 13.9. The van der Waals surface area contributed by atoms with Crippen LogP contribution in [0.1, 0.15) is 45.1 Å². The minimum Gasteiger partial charge on any atom is -0.369 e. The zero-order valence-electron chi connectivity index (χ0n) is 24.3. The van der Waals surface area contributed by atoms with Crippen LogP contribution in [0.2, 0.25) is 0 Å². The highest BCUT2D eigenvalue weighted by molar-refractivity contribution is 7.90. The Hall–Kier alpha value is -1.69. The van der Waals surface area contributed by atoms with Crippen molar-refractivity contribution in [3.8, 4) is 0 Å². The first-order valence-corrected chi connectivity index (χ1v) is 17.7. The SMILES string of the molecule is Cc1ccccc1N1CCN(S(=O)(=O)C[C@]23CCC(C[C@@H]2NC(=O)[C@H](CCS(C)(=O)=O)N(C)C)C3(C)C)CC1. The Kier molecular flexibility index (Phi) is 8.50. The summed E-state index contributed by atoms with van der Waals surface area (Å²) >= 11 is 0. The fourth-order valence-electron chi connectivity index (χ4n) is 7.38. The van der Waals surface area contributed by atoms with E-state index >= 15 is 0 Å². The summed E-state index contributed by atoms with van der Waals surface area (Å²) in [6.07, 6.45) is 3.85. The van der Waals surface area contributed by atoms with E-state index in [-0.39, 0.29) is 35.3 Å². The lowest BCUT2D eigenvalue weighted by atomic mass is 9.69. The summed E-state index contributed by atoms with van der Waals surface area (Å²) in [5.74, 6) is 0.0653. The van der Waals surface area contributed by atoms with Gasteiger partial charge in [0, 0.05) is 49.6 Å². The standard InChI is InChI=1S/C28H46N4O5S2/c1-21-9-7-8-10-23(21)31-14-16-32(17-15-31)39(36,37)20-28-13-11-22(27(28,2)3)19-25(28)29-26(33)24(30(4)5)12-18-38(6,34)35/h7-10,22,24-25H,11-20H2,1-6H3,(H,29,33)/t22?,24-,25-,28+/m0/s1. The number of para-hydroxylation sites is 1. The minimum atomic E-state index is -3.57. The highest BCUT2D eigenvalue weighted by Crippen LogP contribution is 2.66. The van der Waals surface area contributed by atoms with Gasteiger partial charge in [0.1, 0.15) is 9.84 Å². The molecule has 1 heterocycles. The number of nitrogens with one attached hydrogen (secondary N) is 1. The summed E-state index contributed by atoms with van der Waals surface area (Å²) in [6.45, 7) is 8.59. The number of amides is 1. The molecule has 0 spiro atoms. The van der Waals surface area contributed by atoms with E-state index in [4.69, 9.17) is 0 Å². The number of hydrogen-bond donors (Lipinski definition) is 1. The number of likely N-dealkylation sites (N-methyl/N-ethyl adjacent to an activating group) is 1. The number of fused-ring (bicyclic) bond motifs is 2. The van der Waals surface area contributed by atoms with Crippen molar-refractivity contribution in [2.24, 2.45) is 16.7 Å². The Morgan fingerprint density at radius 3 is 2.31 bits per heavy atom. The van der Waals surface area contributed by atoms with Crippen LogP contribution in [-0.4, -0.2) is 102 Å². The Balaban J connectivity index is 1.49. The molecule has 1 saturated heterocycles. The number of sulfonamides is 1. The monoisotopic (exact) mass is 582 g/mol. The molecule has 1 aromatic rings. The topological polar surface area (TPSA) is 107 Å². The van der Waals surface area contributed by atoms with Crippen molar-refractivity contribution in [3.63, 3.8) is 0 Å². The normalized spacial score (nSPS) is 28.1. The second-order valence-electron chi connectivity index (χ2n) is 12.7. The number of carbonyl (C=O) groups is 1. The minimum absolute atomic E-state index is 0.0226. The maximum absolute atomic E-state index is 13.9. The fraction of sp³-hybridized carbons (Fsp3) is 0.750. The van der Waals surface area contributed by atoms with Crippen molar-refractivity contribution in [2.75, 3.05) is 62.9 Å². The maximum Gasteiger partial charge on any atom is 0.237 e. The number of rotatable bonds is 10. The molecule has 1 aromatic carbocycles. The smallest absolute Gasteiger partial charge is 0.237 e. The number of carbonyl (C=O) groups excluding carboxylic acids is 1. The highest BCUT2D eigenvalue weighted by Gasteiger charge is 2.66. The van der Waals surface area contributed by atoms with Crippen molar-refractivity contribution in [1.29, 1.82) is 0 Å². The number of aryl methyl sites for hydroxylation is 1. The largest absolute Gasteiger partial charge is 0.369 e. The lowest BCUT2D eigenvalue weighted by Crippen LogP contribution is -2.58. The molecule has 9 nitrogen and oxygen atoms in total. The van der Waals surface area contributed by atoms with Crippen molar-refractivity contribution in [3.05, 3.63) is 29.8 Å². The zero-order chi connectivity index (χ0) is 28.8. The summed E-state index contributed by atoms with van der Waals surface area (Å²) in [5.41, 5.74) is 1.54. The van der Waals surface area contributed by atoms with Gasteiger partial charge >= 0.3 is 0 Å². The number of benzene rings is 1. The molecule has 4 atom stereocenters. The van der Waals surface area contributed by atoms with Crippen molar-refractivity contribution in [2.45, 2.75) is 58.5 Å². The molecular weight excluding hydrogens is 536 g/mol. The van der Waals surface area contributed by atoms with Gasteiger partial charge in [-0.05, 0) is 69.7 Å². The van der Waals surface area contributed by atoms with Gasteiger partial charge in [-0.25, -0.2) is 16.8 Å². The van der Waals surface area contributed by atoms with Gasteiger partial charge in [0.15, 0.2) is 0 Å². The molecule has 1 aliphatic heterocycles. The predicted octanol–water partition coefficient (Wildman–Crippen LogP) is 2.12. The zero-order valence-corrected chi connectivity index (χ0v) is 25.9. The average molecular weight is 583 g/mol. The molecule has 3 fully saturated rings. The molecule has 220 valence electrons. The second kappa shape index (κ2) is 10.9. The van der Waals surface area contributed by atoms with Crippen LogP contribution in [0.4, 0.5) is 5.69 Å². The van der Waals surface area contributed by atoms with Gasteiger partial charge in [-0.3, -0.25) is 9.69 Å². The van der Waals surface area contributed by atoms with Crippen molar-refractivity contribution in [1.82, 2.24) is 14.5 Å². The molecular formula is C28H46N4O5S2. The first kappa shape index (κ1) is 30.3. The van der Waals surface area contributed by atoms with Crippen LogP contribution in [-0.2, 0) is 24.7 Å². The molecule has 0 aromatic heterocycles. The molecule has 4 rings (SSSR count). The molecule has 1 N–H and O–H groups in total. The highest BCUT2D eigenvalue weighted by atomic mass is 32.2. The van der Waals surface area contributed by atoms with Gasteiger partial charge < -0.3 is 10.2 Å². The first-order valence-electron chi connectivity index (χ1n) is 14.0. The Bertz CT molecular complexity index is 1270. The van der Waals surface area contributed by atoms with Crippen LogP contribution in [0.15, 0.2) is 24.3 Å². The first-order chi connectivity index (χ1) is 18.1. The fourth-order valence-corrected chi connectivity index (χ4v) is 10.3. The van der Waals surface area contributed by atoms with E-state index in [2.05, 4.69) is 43.1 Å². The van der Waals surface area contributed by atoms with Crippen LogP contribution in [0.25, 0.3) is 0 Å². The molecule has 0 radical (unpaired) electrons. The van der Waals surface area contributed by atoms with Crippen molar-refractivity contribution >= 4 is 31.5 Å². The quantitative estimate of drug-likeness (QED) is 0.450. The van der Waals surface area contributed by atoms with Gasteiger partial charge in [-0.15, -0.1) is 0 Å². The number of piperazine rings is 1. The van der Waals surface area contributed by atoms with E-state index in [1.165, 1.54) is 11.8 Å². The Morgan fingerprint density at radius 2 is 1.74 bits per heavy atom. The summed E-state index contributed by atoms with van der Waals surface area (Å²) in [5, 5.41) is 3.22. The summed E-state index contributed by atoms with van der Waals surface area (Å²) in [6, 6.07) is 7.33. The number of anilines is 1. The third kappa shape index (κ3) is 6.01. The summed E-state index contributed by atoms with van der Waals surface area (Å²) in [4.78, 5) is 17.4. The Labute approximate surface area is 235 Å². The van der Waals surface area contributed by atoms with Gasteiger partial charge in [-0.1, -0.05) is 32.0 Å². The number of nitrogens with zero attached hydrogens (tertiary/aromatic N) is 3. The van der Waals surface area contributed by atoms with Gasteiger partial charge in [0.05, 0.1) is 17.5 Å². The number of sulfone groups is 1. The summed E-state index contributed by atoms with van der Waals surface area (Å²) in [7, 11) is -3.23.